The molecule has 1 aliphatic rings. The van der Waals surface area contributed by atoms with Gasteiger partial charge in [0.1, 0.15) is 23.9 Å². The van der Waals surface area contributed by atoms with Crippen molar-refractivity contribution >= 4 is 27.7 Å². The lowest BCUT2D eigenvalue weighted by Crippen LogP contribution is -2.37. The van der Waals surface area contributed by atoms with Crippen molar-refractivity contribution < 1.29 is 14.3 Å². The van der Waals surface area contributed by atoms with Crippen LogP contribution in [0.5, 0.6) is 0 Å². The number of rotatable bonds is 7. The lowest BCUT2D eigenvalue weighted by atomic mass is 10.2. The molecule has 10 heteroatoms. The molecule has 2 aromatic rings. The fourth-order valence-corrected chi connectivity index (χ4v) is 4.21. The molecule has 1 aliphatic heterocycles. The maximum atomic E-state index is 12.8. The van der Waals surface area contributed by atoms with Gasteiger partial charge in [-0.3, -0.25) is 4.90 Å². The van der Waals surface area contributed by atoms with Crippen molar-refractivity contribution in [2.75, 3.05) is 37.7 Å². The molecule has 0 aliphatic carbocycles. The minimum absolute atomic E-state index is 0.185. The summed E-state index contributed by atoms with van der Waals surface area (Å²) in [5, 5.41) is 8.52. The van der Waals surface area contributed by atoms with Crippen LogP contribution in [0.25, 0.3) is 11.4 Å². The number of ether oxygens (including phenoxy) is 2. The zero-order valence-electron chi connectivity index (χ0n) is 19.8. The summed E-state index contributed by atoms with van der Waals surface area (Å²) in [7, 11) is -0.652. The molecular formula is C22H34ClN5O3S. The number of likely N-dealkylation sites (tertiary alicyclic amines) is 1. The fraction of sp³-hybridized carbons (Fsp3) is 0.636. The Kier molecular flexibility index (Phi) is 7.73. The van der Waals surface area contributed by atoms with Gasteiger partial charge in [-0.1, -0.05) is 11.6 Å². The van der Waals surface area contributed by atoms with Crippen LogP contribution in [0.15, 0.2) is 18.3 Å². The Morgan fingerprint density at radius 2 is 2.00 bits per heavy atom. The van der Waals surface area contributed by atoms with Gasteiger partial charge in [0.2, 0.25) is 0 Å². The number of imidazole rings is 1. The smallest absolute Gasteiger partial charge is 0.410 e. The van der Waals surface area contributed by atoms with Crippen LogP contribution in [0.2, 0.25) is 5.15 Å². The predicted molar refractivity (Wildman–Crippen MR) is 129 cm³/mol. The average molecular weight is 484 g/mol. The predicted octanol–water partition coefficient (Wildman–Crippen LogP) is 4.73. The number of amides is 1. The maximum Gasteiger partial charge on any atom is 0.410 e. The Morgan fingerprint density at radius 3 is 2.62 bits per heavy atom. The van der Waals surface area contributed by atoms with Crippen LogP contribution in [-0.2, 0) is 16.2 Å². The van der Waals surface area contributed by atoms with Gasteiger partial charge in [0.15, 0.2) is 5.15 Å². The highest BCUT2D eigenvalue weighted by Crippen LogP contribution is 2.35. The number of hydrogen-bond acceptors (Lipinski definition) is 6. The molecule has 0 spiro atoms. The molecule has 3 rings (SSSR count). The largest absolute Gasteiger partial charge is 0.444 e. The number of carbonyl (C=O) groups excluding carboxylic acids is 1. The van der Waals surface area contributed by atoms with Gasteiger partial charge >= 0.3 is 6.09 Å². The highest BCUT2D eigenvalue weighted by molar-refractivity contribution is 8.32. The molecule has 1 fully saturated rings. The van der Waals surface area contributed by atoms with Crippen LogP contribution >= 0.6 is 21.6 Å². The van der Waals surface area contributed by atoms with E-state index in [-0.39, 0.29) is 12.1 Å². The molecular weight excluding hydrogens is 450 g/mol. The first-order chi connectivity index (χ1) is 14.9. The van der Waals surface area contributed by atoms with Gasteiger partial charge in [-0.15, -0.1) is 10.2 Å². The van der Waals surface area contributed by atoms with Gasteiger partial charge in [-0.2, -0.15) is 0 Å². The highest BCUT2D eigenvalue weighted by Gasteiger charge is 2.36. The molecule has 0 unspecified atom stereocenters. The summed E-state index contributed by atoms with van der Waals surface area (Å²) in [6.07, 6.45) is 9.95. The van der Waals surface area contributed by atoms with Gasteiger partial charge in [0.25, 0.3) is 0 Å². The van der Waals surface area contributed by atoms with E-state index in [9.17, 15) is 4.79 Å². The van der Waals surface area contributed by atoms with Gasteiger partial charge in [0, 0.05) is 12.3 Å². The SMILES string of the molecule is CC(C)(C)OC(=O)N1CCC[C@H]1c1ncc(-c2ccc(Cl)nn2)n1COCCS(C)(C)C. The maximum absolute atomic E-state index is 12.8. The lowest BCUT2D eigenvalue weighted by molar-refractivity contribution is 0.0205. The molecule has 1 atom stereocenters. The van der Waals surface area contributed by atoms with Crippen molar-refractivity contribution in [3.63, 3.8) is 0 Å². The van der Waals surface area contributed by atoms with Crippen molar-refractivity contribution in [1.29, 1.82) is 0 Å². The molecule has 0 N–H and O–H groups in total. The van der Waals surface area contributed by atoms with Crippen molar-refractivity contribution in [2.45, 2.75) is 52.0 Å². The molecule has 0 bridgehead atoms. The van der Waals surface area contributed by atoms with E-state index in [0.29, 0.717) is 30.7 Å². The van der Waals surface area contributed by atoms with E-state index in [1.54, 1.807) is 17.2 Å². The summed E-state index contributed by atoms with van der Waals surface area (Å²) >= 11 is 5.92. The van der Waals surface area contributed by atoms with Crippen LogP contribution in [0.3, 0.4) is 0 Å². The van der Waals surface area contributed by atoms with E-state index in [1.165, 1.54) is 0 Å². The summed E-state index contributed by atoms with van der Waals surface area (Å²) < 4.78 is 13.7. The standard InChI is InChI=1S/C22H34ClN5O3S/c1-22(2,3)31-21(29)27-11-7-8-17(27)20-24-14-18(16-9-10-19(23)26-25-16)28(20)15-30-12-13-32(4,5)6/h9-10,14,17H,7-8,11-13,15H2,1-6H3/t17-/m0/s1. The second kappa shape index (κ2) is 9.97. The normalized spacial score (nSPS) is 17.6. The van der Waals surface area contributed by atoms with Crippen molar-refractivity contribution in [2.24, 2.45) is 0 Å². The zero-order chi connectivity index (χ0) is 23.5. The first kappa shape index (κ1) is 24.8. The van der Waals surface area contributed by atoms with Gasteiger partial charge in [-0.25, -0.2) is 19.8 Å². The van der Waals surface area contributed by atoms with Gasteiger partial charge < -0.3 is 14.0 Å². The Hall–Kier alpha value is -1.84. The zero-order valence-corrected chi connectivity index (χ0v) is 21.4. The Bertz CT molecular complexity index is 921. The minimum atomic E-state index is -0.652. The second-order valence-electron chi connectivity index (χ2n) is 9.83. The third-order valence-electron chi connectivity index (χ3n) is 5.02. The average Bonchev–Trinajstić information content (AvgIpc) is 3.30. The number of aromatic nitrogens is 4. The Balaban J connectivity index is 1.88. The van der Waals surface area contributed by atoms with Gasteiger partial charge in [-0.05, 0) is 64.5 Å². The van der Waals surface area contributed by atoms with E-state index in [4.69, 9.17) is 26.1 Å². The Morgan fingerprint density at radius 1 is 1.25 bits per heavy atom. The molecule has 0 radical (unpaired) electrons. The van der Waals surface area contributed by atoms with Crippen LogP contribution in [0.4, 0.5) is 4.79 Å². The molecule has 0 saturated carbocycles. The van der Waals surface area contributed by atoms with E-state index in [0.717, 1.165) is 30.1 Å². The van der Waals surface area contributed by atoms with E-state index < -0.39 is 15.6 Å². The lowest BCUT2D eigenvalue weighted by Gasteiger charge is -2.29. The molecule has 3 heterocycles. The van der Waals surface area contributed by atoms with Crippen molar-refractivity contribution in [3.8, 4) is 11.4 Å². The number of hydrogen-bond donors (Lipinski definition) is 0. The molecule has 178 valence electrons. The topological polar surface area (TPSA) is 82.4 Å². The van der Waals surface area contributed by atoms with Crippen LogP contribution in [0.1, 0.15) is 45.5 Å². The summed E-state index contributed by atoms with van der Waals surface area (Å²) in [6.45, 7) is 7.24. The fourth-order valence-electron chi connectivity index (χ4n) is 3.49. The third-order valence-corrected chi connectivity index (χ3v) is 6.61. The van der Waals surface area contributed by atoms with E-state index in [1.807, 2.05) is 31.4 Å². The summed E-state index contributed by atoms with van der Waals surface area (Å²) in [5.74, 6) is 1.78. The molecule has 2 aromatic heterocycles. The molecule has 8 nitrogen and oxygen atoms in total. The molecule has 32 heavy (non-hydrogen) atoms. The number of nitrogens with zero attached hydrogens (tertiary/aromatic N) is 5. The summed E-state index contributed by atoms with van der Waals surface area (Å²) in [6, 6.07) is 3.33. The monoisotopic (exact) mass is 483 g/mol. The van der Waals surface area contributed by atoms with Crippen molar-refractivity contribution in [1.82, 2.24) is 24.6 Å². The van der Waals surface area contributed by atoms with Crippen LogP contribution in [-0.4, -0.2) is 74.0 Å². The molecule has 0 aromatic carbocycles. The second-order valence-corrected chi connectivity index (χ2v) is 14.8. The number of halogens is 1. The summed E-state index contributed by atoms with van der Waals surface area (Å²) in [4.78, 5) is 19.3. The van der Waals surface area contributed by atoms with Crippen molar-refractivity contribution in [3.05, 3.63) is 29.3 Å². The first-order valence-corrected chi connectivity index (χ1v) is 14.1. The van der Waals surface area contributed by atoms with Crippen LogP contribution in [0, 0.1) is 0 Å². The quantitative estimate of drug-likeness (QED) is 0.529. The van der Waals surface area contributed by atoms with Crippen LogP contribution < -0.4 is 0 Å². The number of carbonyl (C=O) groups is 1. The molecule has 1 saturated heterocycles. The van der Waals surface area contributed by atoms with E-state index >= 15 is 0 Å². The minimum Gasteiger partial charge on any atom is -0.444 e. The Labute approximate surface area is 197 Å². The van der Waals surface area contributed by atoms with E-state index in [2.05, 4.69) is 29.0 Å². The molecule has 1 amide bonds. The summed E-state index contributed by atoms with van der Waals surface area (Å²) in [5.41, 5.74) is 0.880. The first-order valence-electron chi connectivity index (χ1n) is 10.7. The highest BCUT2D eigenvalue weighted by atomic mass is 35.5. The van der Waals surface area contributed by atoms with Gasteiger partial charge in [0.05, 0.1) is 24.5 Å². The third kappa shape index (κ3) is 6.59.